The van der Waals surface area contributed by atoms with Gasteiger partial charge >= 0.3 is 0 Å². The monoisotopic (exact) mass is 245 g/mol. The van der Waals surface area contributed by atoms with Gasteiger partial charge in [0.25, 0.3) is 0 Å². The maximum Gasteiger partial charge on any atom is 0.149 e. The molecule has 1 aromatic rings. The van der Waals surface area contributed by atoms with Crippen LogP contribution in [0.25, 0.3) is 0 Å². The normalized spacial score (nSPS) is 12.6. The zero-order valence-corrected chi connectivity index (χ0v) is 12.0. The molecule has 1 rings (SSSR count). The Morgan fingerprint density at radius 3 is 2.50 bits per heavy atom. The third kappa shape index (κ3) is 4.81. The molecule has 0 saturated heterocycles. The first-order valence-corrected chi connectivity index (χ1v) is 6.28. The van der Waals surface area contributed by atoms with E-state index in [2.05, 4.69) is 38.7 Å². The maximum absolute atomic E-state index is 5.84. The molecule has 0 aliphatic carbocycles. The lowest BCUT2D eigenvalue weighted by atomic mass is 9.98. The van der Waals surface area contributed by atoms with E-state index in [0.29, 0.717) is 6.61 Å². The van der Waals surface area contributed by atoms with Crippen molar-refractivity contribution in [2.24, 2.45) is 11.1 Å². The third-order valence-electron chi connectivity index (χ3n) is 2.49. The van der Waals surface area contributed by atoms with Crippen molar-refractivity contribution in [2.75, 3.05) is 6.61 Å². The highest BCUT2D eigenvalue weighted by atomic mass is 16.5. The summed E-state index contributed by atoms with van der Waals surface area (Å²) in [5, 5.41) is 0. The largest absolute Gasteiger partial charge is 0.481 e. The van der Waals surface area contributed by atoms with Crippen molar-refractivity contribution in [2.45, 2.75) is 40.7 Å². The van der Waals surface area contributed by atoms with E-state index in [1.807, 2.05) is 26.0 Å². The Morgan fingerprint density at radius 1 is 1.33 bits per heavy atom. The topological polar surface area (TPSA) is 35.2 Å². The van der Waals surface area contributed by atoms with Crippen LogP contribution in [0.2, 0.25) is 0 Å². The Hall–Kier alpha value is -1.46. The summed E-state index contributed by atoms with van der Waals surface area (Å²) >= 11 is 0. The standard InChI is InChI=1S/C16H23NO/c1-12-11-14(13(2)17)7-8-15(12)18-10-6-9-16(3,4)5/h7-8,11,13H,10,17H2,1-5H3/t13-/m0/s1. The molecule has 2 nitrogen and oxygen atoms in total. The van der Waals surface area contributed by atoms with Crippen molar-refractivity contribution in [1.29, 1.82) is 0 Å². The minimum Gasteiger partial charge on any atom is -0.481 e. The van der Waals surface area contributed by atoms with E-state index < -0.39 is 0 Å². The van der Waals surface area contributed by atoms with Crippen LogP contribution in [-0.2, 0) is 0 Å². The molecule has 2 heteroatoms. The van der Waals surface area contributed by atoms with Crippen LogP contribution in [0.5, 0.6) is 5.75 Å². The lowest BCUT2D eigenvalue weighted by Crippen LogP contribution is -2.06. The molecule has 0 aromatic heterocycles. The highest BCUT2D eigenvalue weighted by Gasteiger charge is 2.05. The highest BCUT2D eigenvalue weighted by molar-refractivity contribution is 5.37. The third-order valence-corrected chi connectivity index (χ3v) is 2.49. The fourth-order valence-corrected chi connectivity index (χ4v) is 1.53. The minimum atomic E-state index is 0.0250. The molecule has 0 spiro atoms. The van der Waals surface area contributed by atoms with Gasteiger partial charge in [-0.25, -0.2) is 0 Å². The summed E-state index contributed by atoms with van der Waals surface area (Å²) in [6.07, 6.45) is 0. The molecule has 0 amide bonds. The number of rotatable bonds is 3. The van der Waals surface area contributed by atoms with Crippen molar-refractivity contribution in [3.8, 4) is 17.6 Å². The maximum atomic E-state index is 5.84. The molecular formula is C16H23NO. The fraction of sp³-hybridized carbons (Fsp3) is 0.500. The number of aryl methyl sites for hydroxylation is 1. The number of benzene rings is 1. The van der Waals surface area contributed by atoms with Gasteiger partial charge in [-0.3, -0.25) is 0 Å². The average molecular weight is 245 g/mol. The van der Waals surface area contributed by atoms with Gasteiger partial charge in [-0.2, -0.15) is 0 Å². The van der Waals surface area contributed by atoms with Gasteiger partial charge in [0.1, 0.15) is 12.4 Å². The molecule has 1 aromatic carbocycles. The Bertz CT molecular complexity index is 458. The summed E-state index contributed by atoms with van der Waals surface area (Å²) in [4.78, 5) is 0. The molecule has 0 heterocycles. The van der Waals surface area contributed by atoms with E-state index in [1.54, 1.807) is 0 Å². The summed E-state index contributed by atoms with van der Waals surface area (Å²) in [5.41, 5.74) is 8.09. The summed E-state index contributed by atoms with van der Waals surface area (Å²) in [6, 6.07) is 6.09. The van der Waals surface area contributed by atoms with Crippen molar-refractivity contribution in [3.63, 3.8) is 0 Å². The number of ether oxygens (including phenoxy) is 1. The first-order valence-electron chi connectivity index (χ1n) is 6.28. The molecule has 0 unspecified atom stereocenters. The average Bonchev–Trinajstić information content (AvgIpc) is 2.24. The van der Waals surface area contributed by atoms with Crippen molar-refractivity contribution < 1.29 is 4.74 Å². The molecule has 98 valence electrons. The Morgan fingerprint density at radius 2 is 2.00 bits per heavy atom. The summed E-state index contributed by atoms with van der Waals surface area (Å²) in [5.74, 6) is 7.07. The highest BCUT2D eigenvalue weighted by Crippen LogP contribution is 2.21. The second-order valence-electron chi connectivity index (χ2n) is 5.65. The van der Waals surface area contributed by atoms with Gasteiger partial charge in [0.2, 0.25) is 0 Å². The van der Waals surface area contributed by atoms with E-state index in [4.69, 9.17) is 10.5 Å². The van der Waals surface area contributed by atoms with E-state index in [0.717, 1.165) is 16.9 Å². The molecule has 1 atom stereocenters. The van der Waals surface area contributed by atoms with Crippen LogP contribution in [-0.4, -0.2) is 6.61 Å². The van der Waals surface area contributed by atoms with E-state index >= 15 is 0 Å². The lowest BCUT2D eigenvalue weighted by Gasteiger charge is -2.11. The van der Waals surface area contributed by atoms with Gasteiger partial charge in [-0.1, -0.05) is 24.0 Å². The first-order chi connectivity index (χ1) is 8.29. The van der Waals surface area contributed by atoms with Gasteiger partial charge in [0, 0.05) is 11.5 Å². The van der Waals surface area contributed by atoms with Crippen molar-refractivity contribution in [1.82, 2.24) is 0 Å². The molecule has 0 aliphatic rings. The second kappa shape index (κ2) is 5.93. The van der Waals surface area contributed by atoms with Crippen LogP contribution in [0.3, 0.4) is 0 Å². The molecule has 0 fully saturated rings. The van der Waals surface area contributed by atoms with Gasteiger partial charge in [0.05, 0.1) is 0 Å². The predicted molar refractivity (Wildman–Crippen MR) is 76.5 cm³/mol. The Labute approximate surface area is 111 Å². The molecule has 2 N–H and O–H groups in total. The van der Waals surface area contributed by atoms with E-state index in [9.17, 15) is 0 Å². The Kier molecular flexibility index (Phi) is 4.81. The quantitative estimate of drug-likeness (QED) is 0.828. The van der Waals surface area contributed by atoms with Crippen molar-refractivity contribution >= 4 is 0 Å². The van der Waals surface area contributed by atoms with Crippen LogP contribution in [0.1, 0.15) is 44.9 Å². The SMILES string of the molecule is Cc1cc([C@H](C)N)ccc1OCC#CC(C)(C)C. The van der Waals surface area contributed by atoms with Gasteiger partial charge < -0.3 is 10.5 Å². The second-order valence-corrected chi connectivity index (χ2v) is 5.65. The van der Waals surface area contributed by atoms with E-state index in [1.165, 1.54) is 0 Å². The smallest absolute Gasteiger partial charge is 0.149 e. The van der Waals surface area contributed by atoms with Gasteiger partial charge in [-0.05, 0) is 51.8 Å². The van der Waals surface area contributed by atoms with Crippen LogP contribution in [0.4, 0.5) is 0 Å². The minimum absolute atomic E-state index is 0.0250. The van der Waals surface area contributed by atoms with Crippen LogP contribution >= 0.6 is 0 Å². The number of hydrogen-bond donors (Lipinski definition) is 1. The van der Waals surface area contributed by atoms with Crippen LogP contribution in [0.15, 0.2) is 18.2 Å². The van der Waals surface area contributed by atoms with Crippen molar-refractivity contribution in [3.05, 3.63) is 29.3 Å². The Balaban J connectivity index is 2.66. The van der Waals surface area contributed by atoms with Crippen LogP contribution in [0, 0.1) is 24.2 Å². The predicted octanol–water partition coefficient (Wildman–Crippen LogP) is 3.44. The first kappa shape index (κ1) is 14.6. The molecule has 0 saturated carbocycles. The lowest BCUT2D eigenvalue weighted by molar-refractivity contribution is 0.366. The van der Waals surface area contributed by atoms with E-state index in [-0.39, 0.29) is 11.5 Å². The fourth-order valence-electron chi connectivity index (χ4n) is 1.53. The molecule has 0 radical (unpaired) electrons. The summed E-state index contributed by atoms with van der Waals surface area (Å²) < 4.78 is 5.65. The van der Waals surface area contributed by atoms with Gasteiger partial charge in [-0.15, -0.1) is 0 Å². The summed E-state index contributed by atoms with van der Waals surface area (Å²) in [6.45, 7) is 10.7. The molecule has 0 aliphatic heterocycles. The molecule has 0 bridgehead atoms. The van der Waals surface area contributed by atoms with Crippen LogP contribution < -0.4 is 10.5 Å². The number of hydrogen-bond acceptors (Lipinski definition) is 2. The molecular weight excluding hydrogens is 222 g/mol. The zero-order chi connectivity index (χ0) is 13.8. The number of nitrogens with two attached hydrogens (primary N) is 1. The van der Waals surface area contributed by atoms with Gasteiger partial charge in [0.15, 0.2) is 0 Å². The molecule has 18 heavy (non-hydrogen) atoms. The zero-order valence-electron chi connectivity index (χ0n) is 12.0. The summed E-state index contributed by atoms with van der Waals surface area (Å²) in [7, 11) is 0.